The second kappa shape index (κ2) is 11.0. The molecule has 0 amide bonds. The molecular formula is C23H32BF3N2O3. The number of nitrogens with zero attached hydrogens (tertiary/aromatic N) is 1. The number of halogens is 3. The molecule has 1 aliphatic heterocycles. The van der Waals surface area contributed by atoms with Crippen LogP contribution in [0, 0.1) is 6.92 Å². The van der Waals surface area contributed by atoms with E-state index < -0.39 is 11.9 Å². The van der Waals surface area contributed by atoms with Crippen LogP contribution in [0.3, 0.4) is 0 Å². The van der Waals surface area contributed by atoms with Crippen molar-refractivity contribution >= 4 is 24.6 Å². The maximum atomic E-state index is 11.9. The molecule has 1 aliphatic rings. The molecule has 1 fully saturated rings. The number of pyridine rings is 1. The number of aromatic nitrogens is 1. The Labute approximate surface area is 188 Å². The summed E-state index contributed by atoms with van der Waals surface area (Å²) in [7, 11) is 1.63. The van der Waals surface area contributed by atoms with E-state index in [0.717, 1.165) is 17.3 Å². The fraction of sp³-hybridized carbons (Fsp3) is 0.478. The van der Waals surface area contributed by atoms with Crippen LogP contribution in [-0.4, -0.2) is 36.6 Å². The first-order valence-corrected chi connectivity index (χ1v) is 10.4. The lowest BCUT2D eigenvalue weighted by molar-refractivity contribution is -0.141. The molecule has 0 atom stereocenters. The van der Waals surface area contributed by atoms with E-state index in [1.165, 1.54) is 11.6 Å². The van der Waals surface area contributed by atoms with E-state index in [0.29, 0.717) is 12.4 Å². The first kappa shape index (κ1) is 27.6. The molecule has 0 saturated carbocycles. The van der Waals surface area contributed by atoms with Crippen LogP contribution in [0.4, 0.5) is 18.9 Å². The van der Waals surface area contributed by atoms with E-state index in [4.69, 9.17) is 9.31 Å². The predicted octanol–water partition coefficient (Wildman–Crippen LogP) is 5.28. The molecule has 1 N–H and O–H groups in total. The maximum Gasteiger partial charge on any atom is 0.495 e. The largest absolute Gasteiger partial charge is 0.495 e. The molecule has 0 aliphatic carbocycles. The Morgan fingerprint density at radius 2 is 1.59 bits per heavy atom. The number of hydrogen-bond acceptors (Lipinski definition) is 5. The van der Waals surface area contributed by atoms with Gasteiger partial charge in [0.25, 0.3) is 0 Å². The normalized spacial score (nSPS) is 16.3. The van der Waals surface area contributed by atoms with Crippen molar-refractivity contribution in [2.75, 3.05) is 12.4 Å². The van der Waals surface area contributed by atoms with E-state index in [1.807, 2.05) is 20.9 Å². The minimum Gasteiger partial charge on any atom is -0.399 e. The molecule has 2 heterocycles. The molecule has 32 heavy (non-hydrogen) atoms. The molecule has 2 aromatic rings. The molecular weight excluding hydrogens is 420 g/mol. The summed E-state index contributed by atoms with van der Waals surface area (Å²) >= 11 is 0. The van der Waals surface area contributed by atoms with Crippen LogP contribution in [0.25, 0.3) is 0 Å². The fourth-order valence-electron chi connectivity index (χ4n) is 2.70. The number of carbonyl (C=O) groups is 1. The van der Waals surface area contributed by atoms with Crippen molar-refractivity contribution in [2.24, 2.45) is 0 Å². The van der Waals surface area contributed by atoms with Gasteiger partial charge in [0.2, 0.25) is 0 Å². The number of rotatable bonds is 3. The van der Waals surface area contributed by atoms with Gasteiger partial charge in [0, 0.05) is 24.5 Å². The summed E-state index contributed by atoms with van der Waals surface area (Å²) in [6, 6.07) is 8.16. The van der Waals surface area contributed by atoms with E-state index in [1.54, 1.807) is 0 Å². The smallest absolute Gasteiger partial charge is 0.399 e. The average molecular weight is 452 g/mol. The first-order chi connectivity index (χ1) is 14.8. The van der Waals surface area contributed by atoms with Crippen molar-refractivity contribution in [3.05, 3.63) is 53.3 Å². The standard InChI is InChI=1S/C14H22BNO2.C7H4F3NO.C2H6/c1-10-7-8-11(16-6)9-12(10)15-17-13(2,3)14(4,5)18-15;8-7(9,10)6-3-5(4-12)1-2-11-6;1-2/h7-9,16H,1-6H3;1-4H;1-2H3. The zero-order valence-electron chi connectivity index (χ0n) is 19.9. The van der Waals surface area contributed by atoms with Crippen molar-refractivity contribution in [3.8, 4) is 0 Å². The summed E-state index contributed by atoms with van der Waals surface area (Å²) in [5, 5.41) is 3.15. The van der Waals surface area contributed by atoms with Gasteiger partial charge in [-0.05, 0) is 64.3 Å². The molecule has 0 radical (unpaired) electrons. The minimum absolute atomic E-state index is 0.0303. The molecule has 3 rings (SSSR count). The fourth-order valence-corrected chi connectivity index (χ4v) is 2.70. The Morgan fingerprint density at radius 3 is 2.06 bits per heavy atom. The highest BCUT2D eigenvalue weighted by Crippen LogP contribution is 2.36. The molecule has 1 aromatic heterocycles. The number of alkyl halides is 3. The highest BCUT2D eigenvalue weighted by Gasteiger charge is 2.52. The van der Waals surface area contributed by atoms with Gasteiger partial charge in [-0.25, -0.2) is 0 Å². The molecule has 1 aromatic carbocycles. The van der Waals surface area contributed by atoms with Crippen molar-refractivity contribution in [2.45, 2.75) is 65.8 Å². The highest BCUT2D eigenvalue weighted by atomic mass is 19.4. The molecule has 9 heteroatoms. The maximum absolute atomic E-state index is 11.9. The third-order valence-corrected chi connectivity index (χ3v) is 5.29. The molecule has 0 unspecified atom stereocenters. The van der Waals surface area contributed by atoms with Crippen molar-refractivity contribution in [1.82, 2.24) is 4.98 Å². The second-order valence-corrected chi connectivity index (χ2v) is 8.00. The molecule has 5 nitrogen and oxygen atoms in total. The van der Waals surface area contributed by atoms with Crippen LogP contribution < -0.4 is 10.8 Å². The Bertz CT molecular complexity index is 886. The van der Waals surface area contributed by atoms with Crippen molar-refractivity contribution < 1.29 is 27.3 Å². The number of anilines is 1. The number of aryl methyl sites for hydroxylation is 1. The van der Waals surface area contributed by atoms with Crippen molar-refractivity contribution in [1.29, 1.82) is 0 Å². The molecule has 0 bridgehead atoms. The monoisotopic (exact) mass is 452 g/mol. The number of carbonyl (C=O) groups excluding carboxylic acids is 1. The van der Waals surface area contributed by atoms with Gasteiger partial charge in [0.1, 0.15) is 12.0 Å². The van der Waals surface area contributed by atoms with E-state index in [2.05, 4.69) is 63.1 Å². The summed E-state index contributed by atoms with van der Waals surface area (Å²) in [6.45, 7) is 14.4. The molecule has 176 valence electrons. The van der Waals surface area contributed by atoms with E-state index in [-0.39, 0.29) is 23.9 Å². The topological polar surface area (TPSA) is 60.5 Å². The second-order valence-electron chi connectivity index (χ2n) is 8.00. The summed E-state index contributed by atoms with van der Waals surface area (Å²) in [6.07, 6.45) is -3.19. The van der Waals surface area contributed by atoms with Crippen LogP contribution in [0.5, 0.6) is 0 Å². The summed E-state index contributed by atoms with van der Waals surface area (Å²) in [5.41, 5.74) is 1.70. The number of nitrogens with one attached hydrogen (secondary N) is 1. The summed E-state index contributed by atoms with van der Waals surface area (Å²) < 4.78 is 47.9. The molecule has 0 spiro atoms. The Morgan fingerprint density at radius 1 is 1.03 bits per heavy atom. The van der Waals surface area contributed by atoms with Gasteiger partial charge in [-0.2, -0.15) is 13.2 Å². The van der Waals surface area contributed by atoms with Gasteiger partial charge in [-0.3, -0.25) is 9.78 Å². The van der Waals surface area contributed by atoms with Crippen LogP contribution in [0.1, 0.15) is 63.2 Å². The van der Waals surface area contributed by atoms with E-state index in [9.17, 15) is 18.0 Å². The Hall–Kier alpha value is -2.39. The number of aldehydes is 1. The van der Waals surface area contributed by atoms with Crippen LogP contribution in [-0.2, 0) is 15.5 Å². The number of hydrogen-bond donors (Lipinski definition) is 1. The zero-order valence-corrected chi connectivity index (χ0v) is 19.9. The first-order valence-electron chi connectivity index (χ1n) is 10.4. The average Bonchev–Trinajstić information content (AvgIpc) is 2.96. The van der Waals surface area contributed by atoms with Gasteiger partial charge < -0.3 is 14.6 Å². The van der Waals surface area contributed by atoms with Gasteiger partial charge >= 0.3 is 13.3 Å². The molecule has 1 saturated heterocycles. The summed E-state index contributed by atoms with van der Waals surface area (Å²) in [4.78, 5) is 13.2. The van der Waals surface area contributed by atoms with Crippen LogP contribution >= 0.6 is 0 Å². The third-order valence-electron chi connectivity index (χ3n) is 5.29. The zero-order chi connectivity index (χ0) is 24.7. The minimum atomic E-state index is -4.49. The lowest BCUT2D eigenvalue weighted by Gasteiger charge is -2.32. The highest BCUT2D eigenvalue weighted by molar-refractivity contribution is 6.62. The van der Waals surface area contributed by atoms with Gasteiger partial charge in [-0.1, -0.05) is 25.5 Å². The van der Waals surface area contributed by atoms with Crippen LogP contribution in [0.15, 0.2) is 36.5 Å². The van der Waals surface area contributed by atoms with E-state index >= 15 is 0 Å². The SMILES string of the molecule is CC.CNc1ccc(C)c(B2OC(C)(C)C(C)(C)O2)c1.O=Cc1ccnc(C(F)(F)F)c1. The van der Waals surface area contributed by atoms with Crippen molar-refractivity contribution in [3.63, 3.8) is 0 Å². The number of benzene rings is 1. The lowest BCUT2D eigenvalue weighted by atomic mass is 9.76. The van der Waals surface area contributed by atoms with Gasteiger partial charge in [0.15, 0.2) is 0 Å². The Kier molecular flexibility index (Phi) is 9.47. The predicted molar refractivity (Wildman–Crippen MR) is 122 cm³/mol. The third kappa shape index (κ3) is 6.80. The van der Waals surface area contributed by atoms with Gasteiger partial charge in [0.05, 0.1) is 11.2 Å². The summed E-state index contributed by atoms with van der Waals surface area (Å²) in [5.74, 6) is 0. The van der Waals surface area contributed by atoms with Crippen LogP contribution in [0.2, 0.25) is 0 Å². The quantitative estimate of drug-likeness (QED) is 0.508. The van der Waals surface area contributed by atoms with Gasteiger partial charge in [-0.15, -0.1) is 0 Å². The lowest BCUT2D eigenvalue weighted by Crippen LogP contribution is -2.41. The Balaban J connectivity index is 0.000000318.